The van der Waals surface area contributed by atoms with Crippen molar-refractivity contribution in [2.24, 2.45) is 5.73 Å². The van der Waals surface area contributed by atoms with Crippen LogP contribution in [-0.4, -0.2) is 35.0 Å². The number of nitrogens with two attached hydrogens (primary N) is 1. The van der Waals surface area contributed by atoms with Gasteiger partial charge in [-0.3, -0.25) is 10.1 Å². The van der Waals surface area contributed by atoms with Crippen molar-refractivity contribution in [1.29, 1.82) is 0 Å². The van der Waals surface area contributed by atoms with E-state index in [-0.39, 0.29) is 22.8 Å². The first-order chi connectivity index (χ1) is 8.97. The smallest absolute Gasteiger partial charge is 0.321 e. The zero-order chi connectivity index (χ0) is 14.0. The molecule has 2 rings (SSSR count). The van der Waals surface area contributed by atoms with Gasteiger partial charge in [0, 0.05) is 31.3 Å². The Hall–Kier alpha value is -1.86. The van der Waals surface area contributed by atoms with Gasteiger partial charge in [-0.25, -0.2) is 4.79 Å². The third-order valence-corrected chi connectivity index (χ3v) is 3.23. The first-order valence-corrected chi connectivity index (χ1v) is 6.10. The molecule has 1 heterocycles. The Balaban J connectivity index is 2.07. The number of urea groups is 1. The summed E-state index contributed by atoms with van der Waals surface area (Å²) in [4.78, 5) is 23.5. The molecular formula is C11H13ClN4O3. The van der Waals surface area contributed by atoms with Crippen molar-refractivity contribution in [2.75, 3.05) is 18.4 Å². The SMILES string of the molecule is NC1CCN(C(=O)Nc2ccc([N+](=O)[O-])cc2Cl)C1. The zero-order valence-electron chi connectivity index (χ0n) is 10.0. The average Bonchev–Trinajstić information content (AvgIpc) is 2.78. The number of hydrogen-bond acceptors (Lipinski definition) is 4. The second kappa shape index (κ2) is 5.41. The van der Waals surface area contributed by atoms with Gasteiger partial charge in [0.25, 0.3) is 5.69 Å². The van der Waals surface area contributed by atoms with Gasteiger partial charge in [-0.15, -0.1) is 0 Å². The number of halogens is 1. The summed E-state index contributed by atoms with van der Waals surface area (Å²) in [5.74, 6) is 0. The summed E-state index contributed by atoms with van der Waals surface area (Å²) in [6.07, 6.45) is 0.765. The number of benzene rings is 1. The standard InChI is InChI=1S/C11H13ClN4O3/c12-9-5-8(16(18)19)1-2-10(9)14-11(17)15-4-3-7(13)6-15/h1-2,5,7H,3-4,6,13H2,(H,14,17). The van der Waals surface area contributed by atoms with Gasteiger partial charge in [0.1, 0.15) is 0 Å². The molecule has 1 unspecified atom stereocenters. The fourth-order valence-electron chi connectivity index (χ4n) is 1.88. The molecule has 1 aliphatic rings. The van der Waals surface area contributed by atoms with E-state index in [9.17, 15) is 14.9 Å². The van der Waals surface area contributed by atoms with Gasteiger partial charge in [0.05, 0.1) is 15.6 Å². The number of nitro benzene ring substituents is 1. The van der Waals surface area contributed by atoms with E-state index >= 15 is 0 Å². The number of carbonyl (C=O) groups is 1. The maximum absolute atomic E-state index is 11.9. The lowest BCUT2D eigenvalue weighted by Crippen LogP contribution is -2.35. The van der Waals surface area contributed by atoms with Crippen LogP contribution in [0.5, 0.6) is 0 Å². The number of hydrogen-bond donors (Lipinski definition) is 2. The van der Waals surface area contributed by atoms with Crippen molar-refractivity contribution in [3.8, 4) is 0 Å². The normalized spacial score (nSPS) is 18.4. The number of nitro groups is 1. The molecule has 3 N–H and O–H groups in total. The van der Waals surface area contributed by atoms with Crippen LogP contribution in [0.3, 0.4) is 0 Å². The molecule has 1 aliphatic heterocycles. The van der Waals surface area contributed by atoms with Gasteiger partial charge in [-0.1, -0.05) is 11.6 Å². The van der Waals surface area contributed by atoms with E-state index < -0.39 is 4.92 Å². The van der Waals surface area contributed by atoms with E-state index in [0.29, 0.717) is 18.8 Å². The highest BCUT2D eigenvalue weighted by molar-refractivity contribution is 6.33. The number of carbonyl (C=O) groups excluding carboxylic acids is 1. The Kier molecular flexibility index (Phi) is 3.87. The van der Waals surface area contributed by atoms with E-state index in [1.165, 1.54) is 18.2 Å². The lowest BCUT2D eigenvalue weighted by molar-refractivity contribution is -0.384. The van der Waals surface area contributed by atoms with Crippen molar-refractivity contribution < 1.29 is 9.72 Å². The minimum atomic E-state index is -0.545. The van der Waals surface area contributed by atoms with Crippen LogP contribution in [0.4, 0.5) is 16.2 Å². The number of nitrogens with one attached hydrogen (secondary N) is 1. The number of nitrogens with zero attached hydrogens (tertiary/aromatic N) is 2. The molecule has 1 atom stereocenters. The van der Waals surface area contributed by atoms with Gasteiger partial charge in [-0.05, 0) is 12.5 Å². The molecule has 1 saturated heterocycles. The molecule has 0 bridgehead atoms. The van der Waals surface area contributed by atoms with Crippen molar-refractivity contribution in [3.63, 3.8) is 0 Å². The highest BCUT2D eigenvalue weighted by Gasteiger charge is 2.24. The van der Waals surface area contributed by atoms with E-state index in [1.54, 1.807) is 4.90 Å². The first kappa shape index (κ1) is 13.6. The molecule has 1 aromatic rings. The summed E-state index contributed by atoms with van der Waals surface area (Å²) in [5.41, 5.74) is 5.94. The molecule has 0 spiro atoms. The Bertz CT molecular complexity index is 523. The summed E-state index contributed by atoms with van der Waals surface area (Å²) in [6, 6.07) is 3.60. The molecule has 0 aromatic heterocycles. The second-order valence-electron chi connectivity index (χ2n) is 4.35. The molecule has 102 valence electrons. The third kappa shape index (κ3) is 3.12. The van der Waals surface area contributed by atoms with Gasteiger partial charge >= 0.3 is 6.03 Å². The average molecular weight is 285 g/mol. The van der Waals surface area contributed by atoms with Crippen LogP contribution < -0.4 is 11.1 Å². The maximum atomic E-state index is 11.9. The molecule has 7 nitrogen and oxygen atoms in total. The van der Waals surface area contributed by atoms with Crippen LogP contribution in [0.25, 0.3) is 0 Å². The van der Waals surface area contributed by atoms with Crippen LogP contribution >= 0.6 is 11.6 Å². The number of non-ortho nitro benzene ring substituents is 1. The summed E-state index contributed by atoms with van der Waals surface area (Å²) in [7, 11) is 0. The van der Waals surface area contributed by atoms with Gasteiger partial charge in [-0.2, -0.15) is 0 Å². The Morgan fingerprint density at radius 2 is 2.32 bits per heavy atom. The Morgan fingerprint density at radius 3 is 2.84 bits per heavy atom. The monoisotopic (exact) mass is 284 g/mol. The van der Waals surface area contributed by atoms with Crippen molar-refractivity contribution >= 4 is 29.0 Å². The number of amides is 2. The van der Waals surface area contributed by atoms with E-state index in [4.69, 9.17) is 17.3 Å². The minimum absolute atomic E-state index is 0.00178. The fraction of sp³-hybridized carbons (Fsp3) is 0.364. The highest BCUT2D eigenvalue weighted by Crippen LogP contribution is 2.27. The summed E-state index contributed by atoms with van der Waals surface area (Å²) >= 11 is 5.89. The number of rotatable bonds is 2. The largest absolute Gasteiger partial charge is 0.326 e. The fourth-order valence-corrected chi connectivity index (χ4v) is 2.11. The second-order valence-corrected chi connectivity index (χ2v) is 4.75. The van der Waals surface area contributed by atoms with Crippen molar-refractivity contribution in [3.05, 3.63) is 33.3 Å². The van der Waals surface area contributed by atoms with Crippen molar-refractivity contribution in [1.82, 2.24) is 4.90 Å². The summed E-state index contributed by atoms with van der Waals surface area (Å²) < 4.78 is 0. The van der Waals surface area contributed by atoms with Crippen LogP contribution in [-0.2, 0) is 0 Å². The Labute approximate surface area is 114 Å². The lowest BCUT2D eigenvalue weighted by Gasteiger charge is -2.17. The van der Waals surface area contributed by atoms with Crippen LogP contribution in [0.15, 0.2) is 18.2 Å². The summed E-state index contributed by atoms with van der Waals surface area (Å²) in [5, 5.41) is 13.3. The predicted molar refractivity (Wildman–Crippen MR) is 71.3 cm³/mol. The van der Waals surface area contributed by atoms with Crippen LogP contribution in [0.2, 0.25) is 5.02 Å². The molecule has 1 fully saturated rings. The van der Waals surface area contributed by atoms with Crippen molar-refractivity contribution in [2.45, 2.75) is 12.5 Å². The quantitative estimate of drug-likeness (QED) is 0.639. The molecule has 8 heteroatoms. The lowest BCUT2D eigenvalue weighted by atomic mass is 10.3. The number of anilines is 1. The molecule has 0 radical (unpaired) electrons. The molecule has 19 heavy (non-hydrogen) atoms. The zero-order valence-corrected chi connectivity index (χ0v) is 10.8. The van der Waals surface area contributed by atoms with Gasteiger partial charge in [0.2, 0.25) is 0 Å². The first-order valence-electron chi connectivity index (χ1n) is 5.73. The van der Waals surface area contributed by atoms with Crippen LogP contribution in [0.1, 0.15) is 6.42 Å². The Morgan fingerprint density at radius 1 is 1.58 bits per heavy atom. The topological polar surface area (TPSA) is 102 Å². The summed E-state index contributed by atoms with van der Waals surface area (Å²) in [6.45, 7) is 1.09. The molecule has 0 aliphatic carbocycles. The molecule has 0 saturated carbocycles. The predicted octanol–water partition coefficient (Wildman–Crippen LogP) is 1.81. The van der Waals surface area contributed by atoms with E-state index in [0.717, 1.165) is 6.42 Å². The maximum Gasteiger partial charge on any atom is 0.321 e. The van der Waals surface area contributed by atoms with E-state index in [1.807, 2.05) is 0 Å². The van der Waals surface area contributed by atoms with E-state index in [2.05, 4.69) is 5.32 Å². The highest BCUT2D eigenvalue weighted by atomic mass is 35.5. The van der Waals surface area contributed by atoms with Gasteiger partial charge in [0.15, 0.2) is 0 Å². The third-order valence-electron chi connectivity index (χ3n) is 2.92. The minimum Gasteiger partial charge on any atom is -0.326 e. The number of likely N-dealkylation sites (tertiary alicyclic amines) is 1. The van der Waals surface area contributed by atoms with Gasteiger partial charge < -0.3 is 16.0 Å². The molecule has 2 amide bonds. The van der Waals surface area contributed by atoms with Crippen LogP contribution in [0, 0.1) is 10.1 Å². The molecular weight excluding hydrogens is 272 g/mol. The molecule has 1 aromatic carbocycles.